The lowest BCUT2D eigenvalue weighted by Gasteiger charge is -2.19. The van der Waals surface area contributed by atoms with E-state index in [1.807, 2.05) is 6.07 Å². The van der Waals surface area contributed by atoms with Gasteiger partial charge < -0.3 is 10.4 Å². The fourth-order valence-corrected chi connectivity index (χ4v) is 3.53. The second-order valence-corrected chi connectivity index (χ2v) is 6.46. The van der Waals surface area contributed by atoms with Crippen LogP contribution in [0.25, 0.3) is 0 Å². The Hall–Kier alpha value is -1.65. The van der Waals surface area contributed by atoms with Gasteiger partial charge in [-0.25, -0.2) is 0 Å². The SMILES string of the molecule is Cc1ccsc1C(Cc1ccccc1)NCCCCC(=O)O. The molecule has 4 heteroatoms. The third kappa shape index (κ3) is 5.28. The average molecular weight is 317 g/mol. The molecular formula is C18H23NO2S. The summed E-state index contributed by atoms with van der Waals surface area (Å²) in [5.41, 5.74) is 2.64. The average Bonchev–Trinajstić information content (AvgIpc) is 2.92. The van der Waals surface area contributed by atoms with E-state index in [0.29, 0.717) is 6.04 Å². The first-order valence-electron chi connectivity index (χ1n) is 7.70. The van der Waals surface area contributed by atoms with E-state index in [9.17, 15) is 4.79 Å². The van der Waals surface area contributed by atoms with Gasteiger partial charge in [0.2, 0.25) is 0 Å². The summed E-state index contributed by atoms with van der Waals surface area (Å²) in [6.07, 6.45) is 2.83. The Morgan fingerprint density at radius 1 is 1.23 bits per heavy atom. The number of unbranched alkanes of at least 4 members (excludes halogenated alkanes) is 1. The molecule has 2 aromatic rings. The summed E-state index contributed by atoms with van der Waals surface area (Å²) in [4.78, 5) is 11.9. The predicted octanol–water partition coefficient (Wildman–Crippen LogP) is 4.18. The van der Waals surface area contributed by atoms with Crippen molar-refractivity contribution in [3.05, 3.63) is 57.8 Å². The number of hydrogen-bond acceptors (Lipinski definition) is 3. The minimum absolute atomic E-state index is 0.253. The van der Waals surface area contributed by atoms with Crippen molar-refractivity contribution in [2.75, 3.05) is 6.54 Å². The monoisotopic (exact) mass is 317 g/mol. The molecule has 22 heavy (non-hydrogen) atoms. The Kier molecular flexibility index (Phi) is 6.62. The van der Waals surface area contributed by atoms with Gasteiger partial charge in [0.1, 0.15) is 0 Å². The van der Waals surface area contributed by atoms with Crippen LogP contribution in [0.15, 0.2) is 41.8 Å². The molecule has 0 bridgehead atoms. The molecule has 1 atom stereocenters. The maximum Gasteiger partial charge on any atom is 0.303 e. The van der Waals surface area contributed by atoms with E-state index in [1.54, 1.807) is 11.3 Å². The lowest BCUT2D eigenvalue weighted by Crippen LogP contribution is -2.24. The maximum atomic E-state index is 10.6. The zero-order chi connectivity index (χ0) is 15.8. The third-order valence-electron chi connectivity index (χ3n) is 3.71. The fourth-order valence-electron chi connectivity index (χ4n) is 2.53. The summed E-state index contributed by atoms with van der Waals surface area (Å²) in [5, 5.41) is 14.4. The molecule has 0 amide bonds. The third-order valence-corrected chi connectivity index (χ3v) is 4.84. The van der Waals surface area contributed by atoms with Gasteiger partial charge in [-0.15, -0.1) is 11.3 Å². The van der Waals surface area contributed by atoms with Crippen molar-refractivity contribution in [2.24, 2.45) is 0 Å². The number of carboxylic acids is 1. The van der Waals surface area contributed by atoms with Crippen LogP contribution in [0, 0.1) is 6.92 Å². The van der Waals surface area contributed by atoms with Crippen molar-refractivity contribution in [2.45, 2.75) is 38.6 Å². The number of rotatable bonds is 9. The summed E-state index contributed by atoms with van der Waals surface area (Å²) in [5.74, 6) is -0.713. The quantitative estimate of drug-likeness (QED) is 0.682. The number of aliphatic carboxylic acids is 1. The van der Waals surface area contributed by atoms with Gasteiger partial charge in [-0.05, 0) is 55.3 Å². The van der Waals surface area contributed by atoms with Gasteiger partial charge >= 0.3 is 5.97 Å². The highest BCUT2D eigenvalue weighted by atomic mass is 32.1. The predicted molar refractivity (Wildman–Crippen MR) is 91.4 cm³/mol. The maximum absolute atomic E-state index is 10.6. The van der Waals surface area contributed by atoms with E-state index in [-0.39, 0.29) is 6.42 Å². The lowest BCUT2D eigenvalue weighted by atomic mass is 10.0. The van der Waals surface area contributed by atoms with Crippen LogP contribution >= 0.6 is 11.3 Å². The Morgan fingerprint density at radius 2 is 2.00 bits per heavy atom. The largest absolute Gasteiger partial charge is 0.481 e. The van der Waals surface area contributed by atoms with Crippen molar-refractivity contribution >= 4 is 17.3 Å². The van der Waals surface area contributed by atoms with Crippen molar-refractivity contribution in [3.63, 3.8) is 0 Å². The molecule has 0 saturated heterocycles. The number of hydrogen-bond donors (Lipinski definition) is 2. The van der Waals surface area contributed by atoms with Crippen LogP contribution in [-0.2, 0) is 11.2 Å². The van der Waals surface area contributed by atoms with E-state index in [2.05, 4.69) is 48.0 Å². The van der Waals surface area contributed by atoms with Crippen molar-refractivity contribution in [3.8, 4) is 0 Å². The van der Waals surface area contributed by atoms with Crippen LogP contribution in [0.2, 0.25) is 0 Å². The van der Waals surface area contributed by atoms with Gasteiger partial charge in [0.15, 0.2) is 0 Å². The zero-order valence-electron chi connectivity index (χ0n) is 12.9. The van der Waals surface area contributed by atoms with E-state index in [1.165, 1.54) is 16.0 Å². The first-order valence-corrected chi connectivity index (χ1v) is 8.58. The molecule has 0 aliphatic carbocycles. The van der Waals surface area contributed by atoms with Crippen LogP contribution in [0.5, 0.6) is 0 Å². The van der Waals surface area contributed by atoms with E-state index < -0.39 is 5.97 Å². The van der Waals surface area contributed by atoms with Crippen molar-refractivity contribution < 1.29 is 9.90 Å². The Labute approximate surface area is 136 Å². The highest BCUT2D eigenvalue weighted by molar-refractivity contribution is 7.10. The van der Waals surface area contributed by atoms with Gasteiger partial charge in [-0.2, -0.15) is 0 Å². The number of carbonyl (C=O) groups is 1. The molecule has 1 aromatic carbocycles. The Bertz CT molecular complexity index is 580. The number of benzene rings is 1. The second-order valence-electron chi connectivity index (χ2n) is 5.52. The fraction of sp³-hybridized carbons (Fsp3) is 0.389. The molecule has 118 valence electrons. The molecule has 0 aliphatic rings. The lowest BCUT2D eigenvalue weighted by molar-refractivity contribution is -0.137. The molecular weight excluding hydrogens is 294 g/mol. The smallest absolute Gasteiger partial charge is 0.303 e. The molecule has 1 aromatic heterocycles. The van der Waals surface area contributed by atoms with Crippen LogP contribution in [0.4, 0.5) is 0 Å². The summed E-state index contributed by atoms with van der Waals surface area (Å²) >= 11 is 1.79. The highest BCUT2D eigenvalue weighted by Crippen LogP contribution is 2.27. The molecule has 3 nitrogen and oxygen atoms in total. The van der Waals surface area contributed by atoms with Gasteiger partial charge in [0, 0.05) is 17.3 Å². The number of nitrogens with one attached hydrogen (secondary N) is 1. The van der Waals surface area contributed by atoms with Gasteiger partial charge in [0.05, 0.1) is 0 Å². The van der Waals surface area contributed by atoms with Crippen LogP contribution < -0.4 is 5.32 Å². The van der Waals surface area contributed by atoms with Crippen LogP contribution in [0.3, 0.4) is 0 Å². The van der Waals surface area contributed by atoms with Gasteiger partial charge in [-0.3, -0.25) is 4.79 Å². The number of thiophene rings is 1. The molecule has 2 N–H and O–H groups in total. The molecule has 0 spiro atoms. The molecule has 0 saturated carbocycles. The summed E-state index contributed by atoms with van der Waals surface area (Å²) in [7, 11) is 0. The first kappa shape index (κ1) is 16.7. The second kappa shape index (κ2) is 8.71. The minimum Gasteiger partial charge on any atom is -0.481 e. The zero-order valence-corrected chi connectivity index (χ0v) is 13.7. The molecule has 1 unspecified atom stereocenters. The summed E-state index contributed by atoms with van der Waals surface area (Å²) in [6, 6.07) is 12.9. The van der Waals surface area contributed by atoms with Gasteiger partial charge in [0.25, 0.3) is 0 Å². The number of carboxylic acid groups (broad SMARTS) is 1. The molecule has 0 radical (unpaired) electrons. The van der Waals surface area contributed by atoms with E-state index in [0.717, 1.165) is 25.8 Å². The highest BCUT2D eigenvalue weighted by Gasteiger charge is 2.15. The normalized spacial score (nSPS) is 12.2. The minimum atomic E-state index is -0.713. The van der Waals surface area contributed by atoms with E-state index in [4.69, 9.17) is 5.11 Å². The number of aryl methyl sites for hydroxylation is 1. The Balaban J connectivity index is 1.94. The van der Waals surface area contributed by atoms with Crippen molar-refractivity contribution in [1.29, 1.82) is 0 Å². The molecule has 0 fully saturated rings. The van der Waals surface area contributed by atoms with Gasteiger partial charge in [-0.1, -0.05) is 30.3 Å². The van der Waals surface area contributed by atoms with Crippen LogP contribution in [0.1, 0.15) is 41.3 Å². The summed E-state index contributed by atoms with van der Waals surface area (Å²) < 4.78 is 0. The molecule has 2 rings (SSSR count). The topological polar surface area (TPSA) is 49.3 Å². The Morgan fingerprint density at radius 3 is 2.64 bits per heavy atom. The standard InChI is InChI=1S/C18H23NO2S/c1-14-10-12-22-18(14)16(13-15-7-3-2-4-8-15)19-11-6-5-9-17(20)21/h2-4,7-8,10,12,16,19H,5-6,9,11,13H2,1H3,(H,20,21). The molecule has 1 heterocycles. The first-order chi connectivity index (χ1) is 10.7. The van der Waals surface area contributed by atoms with Crippen molar-refractivity contribution in [1.82, 2.24) is 5.32 Å². The molecule has 0 aliphatic heterocycles. The van der Waals surface area contributed by atoms with E-state index >= 15 is 0 Å². The summed E-state index contributed by atoms with van der Waals surface area (Å²) in [6.45, 7) is 3.00. The van der Waals surface area contributed by atoms with Crippen LogP contribution in [-0.4, -0.2) is 17.6 Å².